The Bertz CT molecular complexity index is 447. The molecule has 0 heterocycles. The van der Waals surface area contributed by atoms with E-state index < -0.39 is 0 Å². The van der Waals surface area contributed by atoms with Crippen LogP contribution in [0.1, 0.15) is 20.8 Å². The third kappa shape index (κ3) is 5.09. The maximum atomic E-state index is 12.0. The van der Waals surface area contributed by atoms with Gasteiger partial charge in [-0.15, -0.1) is 0 Å². The van der Waals surface area contributed by atoms with Crippen LogP contribution in [-0.2, 0) is 4.79 Å². The van der Waals surface area contributed by atoms with E-state index in [0.717, 1.165) is 13.1 Å². The molecule has 0 fully saturated rings. The number of anilines is 2. The van der Waals surface area contributed by atoms with Gasteiger partial charge in [0, 0.05) is 12.6 Å². The second kappa shape index (κ2) is 7.75. The predicted octanol–water partition coefficient (Wildman–Crippen LogP) is 2.19. The summed E-state index contributed by atoms with van der Waals surface area (Å²) in [4.78, 5) is 14.1. The van der Waals surface area contributed by atoms with E-state index in [-0.39, 0.29) is 5.91 Å². The Labute approximate surface area is 121 Å². The van der Waals surface area contributed by atoms with Crippen molar-refractivity contribution in [1.29, 1.82) is 0 Å². The lowest BCUT2D eigenvalue weighted by molar-refractivity contribution is -0.117. The number of likely N-dealkylation sites (N-methyl/N-ethyl adjacent to an activating group) is 1. The highest BCUT2D eigenvalue weighted by molar-refractivity contribution is 5.95. The number of hydrogen-bond donors (Lipinski definition) is 2. The number of methoxy groups -OCH3 is 1. The largest absolute Gasteiger partial charge is 0.497 e. The molecule has 0 radical (unpaired) electrons. The van der Waals surface area contributed by atoms with E-state index in [9.17, 15) is 4.79 Å². The number of rotatable bonds is 7. The monoisotopic (exact) mass is 279 g/mol. The van der Waals surface area contributed by atoms with Gasteiger partial charge in [0.1, 0.15) is 5.75 Å². The van der Waals surface area contributed by atoms with Crippen molar-refractivity contribution in [1.82, 2.24) is 4.90 Å². The van der Waals surface area contributed by atoms with Crippen molar-refractivity contribution in [3.63, 3.8) is 0 Å². The minimum absolute atomic E-state index is 0.0515. The van der Waals surface area contributed by atoms with Crippen LogP contribution in [0.15, 0.2) is 18.2 Å². The standard InChI is InChI=1S/C15H25N3O2/c1-5-18(9-11(2)3)10-15(19)17-14-7-6-12(20-4)8-13(14)16/h6-8,11H,5,9-10,16H2,1-4H3,(H,17,19). The first-order valence-electron chi connectivity index (χ1n) is 6.92. The van der Waals surface area contributed by atoms with E-state index in [1.54, 1.807) is 25.3 Å². The molecule has 0 aliphatic carbocycles. The van der Waals surface area contributed by atoms with Crippen LogP contribution in [0.5, 0.6) is 5.75 Å². The molecule has 5 nitrogen and oxygen atoms in total. The number of carbonyl (C=O) groups excluding carboxylic acids is 1. The van der Waals surface area contributed by atoms with E-state index in [4.69, 9.17) is 10.5 Å². The first kappa shape index (κ1) is 16.3. The van der Waals surface area contributed by atoms with Crippen molar-refractivity contribution in [2.24, 2.45) is 5.92 Å². The highest BCUT2D eigenvalue weighted by Gasteiger charge is 2.12. The highest BCUT2D eigenvalue weighted by Crippen LogP contribution is 2.23. The van der Waals surface area contributed by atoms with Gasteiger partial charge in [-0.05, 0) is 24.6 Å². The molecule has 0 spiro atoms. The summed E-state index contributed by atoms with van der Waals surface area (Å²) < 4.78 is 5.08. The topological polar surface area (TPSA) is 67.6 Å². The first-order valence-corrected chi connectivity index (χ1v) is 6.92. The quantitative estimate of drug-likeness (QED) is 0.751. The summed E-state index contributed by atoms with van der Waals surface area (Å²) in [5, 5.41) is 2.84. The molecular formula is C15H25N3O2. The van der Waals surface area contributed by atoms with Gasteiger partial charge in [-0.1, -0.05) is 20.8 Å². The van der Waals surface area contributed by atoms with Gasteiger partial charge < -0.3 is 15.8 Å². The predicted molar refractivity (Wildman–Crippen MR) is 83.0 cm³/mol. The van der Waals surface area contributed by atoms with Crippen LogP contribution >= 0.6 is 0 Å². The van der Waals surface area contributed by atoms with Crippen LogP contribution in [0.2, 0.25) is 0 Å². The average molecular weight is 279 g/mol. The molecule has 5 heteroatoms. The maximum Gasteiger partial charge on any atom is 0.238 e. The molecule has 0 unspecified atom stereocenters. The molecule has 1 amide bonds. The zero-order valence-corrected chi connectivity index (χ0v) is 12.8. The van der Waals surface area contributed by atoms with E-state index in [1.807, 2.05) is 0 Å². The van der Waals surface area contributed by atoms with E-state index >= 15 is 0 Å². The van der Waals surface area contributed by atoms with E-state index in [0.29, 0.717) is 29.6 Å². The van der Waals surface area contributed by atoms with Crippen LogP contribution < -0.4 is 15.8 Å². The number of nitrogen functional groups attached to an aromatic ring is 1. The zero-order valence-electron chi connectivity index (χ0n) is 12.8. The lowest BCUT2D eigenvalue weighted by Gasteiger charge is -2.22. The Kier molecular flexibility index (Phi) is 6.31. The van der Waals surface area contributed by atoms with E-state index in [1.165, 1.54) is 0 Å². The lowest BCUT2D eigenvalue weighted by atomic mass is 10.2. The number of hydrogen-bond acceptors (Lipinski definition) is 4. The van der Waals surface area contributed by atoms with Crippen molar-refractivity contribution in [3.05, 3.63) is 18.2 Å². The minimum Gasteiger partial charge on any atom is -0.497 e. The Morgan fingerprint density at radius 3 is 2.65 bits per heavy atom. The van der Waals surface area contributed by atoms with Gasteiger partial charge in [-0.25, -0.2) is 0 Å². The summed E-state index contributed by atoms with van der Waals surface area (Å²) in [6.07, 6.45) is 0. The second-order valence-corrected chi connectivity index (χ2v) is 5.22. The smallest absolute Gasteiger partial charge is 0.238 e. The molecule has 0 saturated carbocycles. The van der Waals surface area contributed by atoms with Crippen molar-refractivity contribution in [3.8, 4) is 5.75 Å². The second-order valence-electron chi connectivity index (χ2n) is 5.22. The molecular weight excluding hydrogens is 254 g/mol. The number of carbonyl (C=O) groups is 1. The van der Waals surface area contributed by atoms with Gasteiger partial charge >= 0.3 is 0 Å². The van der Waals surface area contributed by atoms with Crippen LogP contribution in [0.3, 0.4) is 0 Å². The molecule has 1 aromatic rings. The Morgan fingerprint density at radius 1 is 1.45 bits per heavy atom. The van der Waals surface area contributed by atoms with Crippen LogP contribution in [-0.4, -0.2) is 37.6 Å². The van der Waals surface area contributed by atoms with Crippen LogP contribution in [0.25, 0.3) is 0 Å². The van der Waals surface area contributed by atoms with Gasteiger partial charge in [0.05, 0.1) is 25.0 Å². The third-order valence-electron chi connectivity index (χ3n) is 2.97. The molecule has 0 aliphatic rings. The van der Waals surface area contributed by atoms with Crippen molar-refractivity contribution < 1.29 is 9.53 Å². The lowest BCUT2D eigenvalue weighted by Crippen LogP contribution is -2.35. The Hall–Kier alpha value is -1.75. The first-order chi connectivity index (χ1) is 9.46. The molecule has 0 aromatic heterocycles. The molecule has 3 N–H and O–H groups in total. The number of nitrogens with one attached hydrogen (secondary N) is 1. The molecule has 1 rings (SSSR count). The third-order valence-corrected chi connectivity index (χ3v) is 2.97. The number of benzene rings is 1. The van der Waals surface area contributed by atoms with E-state index in [2.05, 4.69) is 31.0 Å². The Morgan fingerprint density at radius 2 is 2.15 bits per heavy atom. The van der Waals surface area contributed by atoms with Gasteiger partial charge in [0.15, 0.2) is 0 Å². The van der Waals surface area contributed by atoms with Gasteiger partial charge in [-0.3, -0.25) is 9.69 Å². The molecule has 112 valence electrons. The van der Waals surface area contributed by atoms with Gasteiger partial charge in [0.25, 0.3) is 0 Å². The molecule has 0 aliphatic heterocycles. The van der Waals surface area contributed by atoms with Gasteiger partial charge in [0.2, 0.25) is 5.91 Å². The summed E-state index contributed by atoms with van der Waals surface area (Å²) in [5.41, 5.74) is 7.01. The minimum atomic E-state index is -0.0515. The SMILES string of the molecule is CCN(CC(=O)Nc1ccc(OC)cc1N)CC(C)C. The molecule has 1 aromatic carbocycles. The summed E-state index contributed by atoms with van der Waals surface area (Å²) in [7, 11) is 1.58. The average Bonchev–Trinajstić information content (AvgIpc) is 2.39. The number of ether oxygens (including phenoxy) is 1. The summed E-state index contributed by atoms with van der Waals surface area (Å²) in [5.74, 6) is 1.16. The normalized spacial score (nSPS) is 10.9. The summed E-state index contributed by atoms with van der Waals surface area (Å²) in [6.45, 7) is 8.47. The fourth-order valence-corrected chi connectivity index (χ4v) is 2.00. The molecule has 20 heavy (non-hydrogen) atoms. The van der Waals surface area contributed by atoms with Crippen molar-refractivity contribution in [2.75, 3.05) is 37.8 Å². The van der Waals surface area contributed by atoms with Crippen molar-refractivity contribution in [2.45, 2.75) is 20.8 Å². The fraction of sp³-hybridized carbons (Fsp3) is 0.533. The number of amides is 1. The van der Waals surface area contributed by atoms with Gasteiger partial charge in [-0.2, -0.15) is 0 Å². The fourth-order valence-electron chi connectivity index (χ4n) is 2.00. The maximum absolute atomic E-state index is 12.0. The zero-order chi connectivity index (χ0) is 15.1. The molecule has 0 atom stereocenters. The number of nitrogens with two attached hydrogens (primary N) is 1. The molecule has 0 saturated heterocycles. The van der Waals surface area contributed by atoms with Crippen LogP contribution in [0.4, 0.5) is 11.4 Å². The Balaban J connectivity index is 2.61. The summed E-state index contributed by atoms with van der Waals surface area (Å²) in [6, 6.07) is 5.23. The summed E-state index contributed by atoms with van der Waals surface area (Å²) >= 11 is 0. The molecule has 0 bridgehead atoms. The van der Waals surface area contributed by atoms with Crippen molar-refractivity contribution >= 4 is 17.3 Å². The number of nitrogens with zero attached hydrogens (tertiary/aromatic N) is 1. The highest BCUT2D eigenvalue weighted by atomic mass is 16.5. The van der Waals surface area contributed by atoms with Crippen LogP contribution in [0, 0.1) is 5.92 Å².